The second-order valence-corrected chi connectivity index (χ2v) is 12.4. The monoisotopic (exact) mass is 595 g/mol. The second kappa shape index (κ2) is 12.0. The first-order chi connectivity index (χ1) is 19.5. The number of anilines is 1. The van der Waals surface area contributed by atoms with Gasteiger partial charge in [-0.2, -0.15) is 4.72 Å². The molecule has 1 N–H and O–H groups in total. The Morgan fingerprint density at radius 3 is 2.22 bits per heavy atom. The number of terminal acetylenes is 1. The number of hydrogen-bond donors (Lipinski definition) is 1. The molecular formula is C30H33N3O6S2. The Labute approximate surface area is 241 Å². The average molecular weight is 596 g/mol. The quantitative estimate of drug-likeness (QED) is 0.128. The summed E-state index contributed by atoms with van der Waals surface area (Å²) in [4.78, 5) is 1.12. The van der Waals surface area contributed by atoms with E-state index in [1.54, 1.807) is 0 Å². The van der Waals surface area contributed by atoms with Gasteiger partial charge in [-0.1, -0.05) is 12.0 Å². The third-order valence-corrected chi connectivity index (χ3v) is 9.39. The molecule has 0 spiro atoms. The van der Waals surface area contributed by atoms with Gasteiger partial charge in [0, 0.05) is 53.0 Å². The van der Waals surface area contributed by atoms with Crippen LogP contribution in [0.2, 0.25) is 0 Å². The van der Waals surface area contributed by atoms with Crippen LogP contribution in [-0.2, 0) is 20.1 Å². The molecule has 0 saturated heterocycles. The fourth-order valence-corrected chi connectivity index (χ4v) is 6.78. The van der Waals surface area contributed by atoms with E-state index in [-0.39, 0.29) is 17.0 Å². The summed E-state index contributed by atoms with van der Waals surface area (Å²) in [5.41, 5.74) is 2.53. The van der Waals surface area contributed by atoms with Gasteiger partial charge < -0.3 is 13.9 Å². The van der Waals surface area contributed by atoms with Crippen molar-refractivity contribution in [2.75, 3.05) is 37.6 Å². The first-order valence-electron chi connectivity index (χ1n) is 13.4. The van der Waals surface area contributed by atoms with Gasteiger partial charge in [-0.3, -0.25) is 0 Å². The summed E-state index contributed by atoms with van der Waals surface area (Å²) < 4.78 is 74.0. The van der Waals surface area contributed by atoms with Crippen molar-refractivity contribution in [1.29, 1.82) is 0 Å². The molecule has 0 radical (unpaired) electrons. The standard InChI is InChI=1S/C30H33N3O6S2/c1-6-17-31-40(34,35)23-13-16-26(29(20-23)41(36,37)38)30-24-14-11-21(32(7-2)8-3)18-27(24)39-28-19-22(12-15-25(28)30)33(9-4)10-5/h1,11-16,18-20,31H,7-10,17H2,2-5H3. The van der Waals surface area contributed by atoms with E-state index >= 15 is 0 Å². The molecule has 1 heterocycles. The van der Waals surface area contributed by atoms with Crippen molar-refractivity contribution in [2.24, 2.45) is 0 Å². The van der Waals surface area contributed by atoms with Crippen molar-refractivity contribution < 1.29 is 25.8 Å². The van der Waals surface area contributed by atoms with Gasteiger partial charge in [0.05, 0.1) is 22.4 Å². The topological polar surface area (TPSA) is 123 Å². The van der Waals surface area contributed by atoms with Gasteiger partial charge in [-0.05, 0) is 58.0 Å². The minimum Gasteiger partial charge on any atom is -0.744 e. The van der Waals surface area contributed by atoms with Crippen LogP contribution in [0.15, 0.2) is 68.8 Å². The zero-order chi connectivity index (χ0) is 29.9. The highest BCUT2D eigenvalue weighted by molar-refractivity contribution is 7.89. The molecule has 2 aliphatic rings. The van der Waals surface area contributed by atoms with Gasteiger partial charge >= 0.3 is 0 Å². The first-order valence-corrected chi connectivity index (χ1v) is 16.2. The van der Waals surface area contributed by atoms with E-state index < -0.39 is 25.0 Å². The zero-order valence-electron chi connectivity index (χ0n) is 23.5. The Morgan fingerprint density at radius 2 is 1.61 bits per heavy atom. The summed E-state index contributed by atoms with van der Waals surface area (Å²) in [5.74, 6) is 2.67. The predicted octanol–water partition coefficient (Wildman–Crippen LogP) is 3.68. The Hall–Kier alpha value is -3.69. The second-order valence-electron chi connectivity index (χ2n) is 9.32. The molecule has 9 nitrogen and oxygen atoms in total. The molecule has 0 saturated carbocycles. The van der Waals surface area contributed by atoms with Crippen LogP contribution in [0.4, 0.5) is 5.69 Å². The van der Waals surface area contributed by atoms with E-state index in [0.29, 0.717) is 27.9 Å². The number of benzene rings is 3. The number of nitrogens with zero attached hydrogens (tertiary/aromatic N) is 2. The van der Waals surface area contributed by atoms with Crippen molar-refractivity contribution in [3.8, 4) is 34.8 Å². The molecule has 0 amide bonds. The maximum Gasteiger partial charge on any atom is 0.241 e. The lowest BCUT2D eigenvalue weighted by molar-refractivity contribution is 0.463. The lowest BCUT2D eigenvalue weighted by Gasteiger charge is -2.23. The van der Waals surface area contributed by atoms with Crippen LogP contribution in [0.5, 0.6) is 0 Å². The fraction of sp³-hybridized carbons (Fsp3) is 0.300. The molecule has 11 heteroatoms. The first kappa shape index (κ1) is 30.3. The summed E-state index contributed by atoms with van der Waals surface area (Å²) in [6, 6.07) is 14.8. The Balaban J connectivity index is 2.14. The van der Waals surface area contributed by atoms with E-state index in [0.717, 1.165) is 43.3 Å². The smallest absolute Gasteiger partial charge is 0.241 e. The highest BCUT2D eigenvalue weighted by atomic mass is 32.2. The van der Waals surface area contributed by atoms with E-state index in [9.17, 15) is 21.4 Å². The van der Waals surface area contributed by atoms with Crippen LogP contribution >= 0.6 is 0 Å². The van der Waals surface area contributed by atoms with Gasteiger partial charge in [-0.25, -0.2) is 21.4 Å². The maximum atomic E-state index is 12.7. The molecular weight excluding hydrogens is 562 g/mol. The van der Waals surface area contributed by atoms with Crippen LogP contribution in [0.1, 0.15) is 27.7 Å². The lowest BCUT2D eigenvalue weighted by atomic mass is 9.93. The summed E-state index contributed by atoms with van der Waals surface area (Å²) >= 11 is 0. The van der Waals surface area contributed by atoms with Gasteiger partial charge in [0.15, 0.2) is 0 Å². The summed E-state index contributed by atoms with van der Waals surface area (Å²) in [6.07, 6.45) is 5.17. The third-order valence-electron chi connectivity index (χ3n) is 7.11. The van der Waals surface area contributed by atoms with E-state index in [4.69, 9.17) is 10.8 Å². The Morgan fingerprint density at radius 1 is 0.927 bits per heavy atom. The molecule has 1 aliphatic heterocycles. The van der Waals surface area contributed by atoms with Crippen molar-refractivity contribution in [2.45, 2.75) is 37.5 Å². The average Bonchev–Trinajstić information content (AvgIpc) is 2.95. The third kappa shape index (κ3) is 6.01. The molecule has 4 rings (SSSR count). The molecule has 0 atom stereocenters. The molecule has 0 aromatic heterocycles. The van der Waals surface area contributed by atoms with Crippen molar-refractivity contribution in [1.82, 2.24) is 9.30 Å². The Bertz CT molecular complexity index is 1890. The van der Waals surface area contributed by atoms with Gasteiger partial charge in [0.1, 0.15) is 34.6 Å². The molecule has 1 aliphatic carbocycles. The van der Waals surface area contributed by atoms with E-state index in [1.807, 2.05) is 64.1 Å². The van der Waals surface area contributed by atoms with Crippen molar-refractivity contribution in [3.63, 3.8) is 0 Å². The SMILES string of the molecule is C#CCNS(=O)(=O)c1ccc(-c2c3ccc(=[N+](CC)CC)cc-3oc3cc(N(CC)CC)ccc23)c(S(=O)(=O)[O-])c1. The molecule has 0 fully saturated rings. The van der Waals surface area contributed by atoms with Crippen molar-refractivity contribution >= 4 is 36.8 Å². The zero-order valence-corrected chi connectivity index (χ0v) is 25.1. The molecule has 2 aromatic rings. The number of nitrogens with one attached hydrogen (secondary N) is 1. The largest absolute Gasteiger partial charge is 0.744 e. The maximum absolute atomic E-state index is 12.7. The normalized spacial score (nSPS) is 12.0. The highest BCUT2D eigenvalue weighted by Gasteiger charge is 2.25. The lowest BCUT2D eigenvalue weighted by Crippen LogP contribution is -2.29. The van der Waals surface area contributed by atoms with Crippen LogP contribution in [0, 0.1) is 12.3 Å². The van der Waals surface area contributed by atoms with Crippen LogP contribution in [0.3, 0.4) is 0 Å². The minimum atomic E-state index is -5.11. The summed E-state index contributed by atoms with van der Waals surface area (Å²) in [6.45, 7) is 11.0. The van der Waals surface area contributed by atoms with Gasteiger partial charge in [0.2, 0.25) is 15.4 Å². The fourth-order valence-electron chi connectivity index (χ4n) is 5.03. The molecule has 216 valence electrons. The van der Waals surface area contributed by atoms with E-state index in [2.05, 4.69) is 20.1 Å². The number of sulfonamides is 1. The number of rotatable bonds is 10. The summed E-state index contributed by atoms with van der Waals surface area (Å²) in [5, 5.41) is 1.50. The highest BCUT2D eigenvalue weighted by Crippen LogP contribution is 2.43. The minimum absolute atomic E-state index is 0.0767. The molecule has 0 unspecified atom stereocenters. The van der Waals surface area contributed by atoms with Gasteiger partial charge in [0.25, 0.3) is 0 Å². The number of fused-ring (bicyclic) bond motifs is 2. The predicted molar refractivity (Wildman–Crippen MR) is 160 cm³/mol. The molecule has 0 bridgehead atoms. The molecule has 2 aromatic carbocycles. The van der Waals surface area contributed by atoms with Crippen LogP contribution < -0.4 is 19.6 Å². The number of hydrogen-bond acceptors (Lipinski definition) is 7. The van der Waals surface area contributed by atoms with Gasteiger partial charge in [-0.15, -0.1) is 6.42 Å². The van der Waals surface area contributed by atoms with Crippen LogP contribution in [0.25, 0.3) is 33.4 Å². The molecule has 41 heavy (non-hydrogen) atoms. The van der Waals surface area contributed by atoms with Crippen molar-refractivity contribution in [3.05, 3.63) is 60.0 Å². The summed E-state index contributed by atoms with van der Waals surface area (Å²) in [7, 11) is -9.27. The Kier molecular flexibility index (Phi) is 8.89. The van der Waals surface area contributed by atoms with E-state index in [1.165, 1.54) is 12.1 Å². The van der Waals surface area contributed by atoms with Crippen LogP contribution in [-0.4, -0.2) is 54.1 Å².